The first-order valence-corrected chi connectivity index (χ1v) is 6.66. The number of fused-ring (bicyclic) bond motifs is 5. The Bertz CT molecular complexity index is 668. The Balaban J connectivity index is 1.94. The molecule has 1 amide bonds. The van der Waals surface area contributed by atoms with Crippen molar-refractivity contribution >= 4 is 17.4 Å². The van der Waals surface area contributed by atoms with Crippen molar-refractivity contribution in [2.45, 2.75) is 38.3 Å². The van der Waals surface area contributed by atoms with Crippen molar-refractivity contribution in [2.24, 2.45) is 5.41 Å². The van der Waals surface area contributed by atoms with E-state index in [1.807, 2.05) is 12.1 Å². The summed E-state index contributed by atoms with van der Waals surface area (Å²) in [5.74, 6) is -1.49. The molecular formula is C15H15NO4. The molecule has 5 nitrogen and oxygen atoms in total. The van der Waals surface area contributed by atoms with Crippen molar-refractivity contribution in [1.29, 1.82) is 0 Å². The molecule has 2 fully saturated rings. The minimum absolute atomic E-state index is 0.0851. The van der Waals surface area contributed by atoms with Crippen LogP contribution in [0.5, 0.6) is 0 Å². The Morgan fingerprint density at radius 3 is 2.50 bits per heavy atom. The maximum Gasteiger partial charge on any atom is 0.264 e. The van der Waals surface area contributed by atoms with Gasteiger partial charge < -0.3 is 14.8 Å². The molecule has 0 radical (unpaired) electrons. The van der Waals surface area contributed by atoms with Crippen LogP contribution in [0.25, 0.3) is 0 Å². The van der Waals surface area contributed by atoms with E-state index in [2.05, 4.69) is 5.32 Å². The maximum absolute atomic E-state index is 12.6. The van der Waals surface area contributed by atoms with Gasteiger partial charge >= 0.3 is 0 Å². The fourth-order valence-corrected chi connectivity index (χ4v) is 3.37. The summed E-state index contributed by atoms with van der Waals surface area (Å²) < 4.78 is 11.9. The van der Waals surface area contributed by atoms with Gasteiger partial charge in [-0.2, -0.15) is 0 Å². The van der Waals surface area contributed by atoms with Crippen molar-refractivity contribution < 1.29 is 19.1 Å². The molecule has 0 aliphatic carbocycles. The van der Waals surface area contributed by atoms with Gasteiger partial charge in [0.05, 0.1) is 5.41 Å². The van der Waals surface area contributed by atoms with Gasteiger partial charge in [0.1, 0.15) is 0 Å². The van der Waals surface area contributed by atoms with Crippen LogP contribution < -0.4 is 5.32 Å². The molecule has 2 saturated heterocycles. The van der Waals surface area contributed by atoms with Gasteiger partial charge in [-0.15, -0.1) is 0 Å². The number of hydrogen-bond donors (Lipinski definition) is 1. The molecule has 1 aromatic rings. The summed E-state index contributed by atoms with van der Waals surface area (Å²) in [7, 11) is 0. The van der Waals surface area contributed by atoms with Crippen LogP contribution in [0.2, 0.25) is 0 Å². The Morgan fingerprint density at radius 2 is 1.85 bits per heavy atom. The molecule has 5 heteroatoms. The molecule has 1 aromatic carbocycles. The zero-order valence-electron chi connectivity index (χ0n) is 11.5. The lowest BCUT2D eigenvalue weighted by Crippen LogP contribution is -2.57. The first kappa shape index (κ1) is 12.1. The monoisotopic (exact) mass is 273 g/mol. The fourth-order valence-electron chi connectivity index (χ4n) is 3.37. The Kier molecular flexibility index (Phi) is 1.88. The number of benzene rings is 1. The number of rotatable bonds is 0. The van der Waals surface area contributed by atoms with Gasteiger partial charge in [0.2, 0.25) is 5.60 Å². The maximum atomic E-state index is 12.6. The van der Waals surface area contributed by atoms with Crippen LogP contribution in [0.1, 0.15) is 26.3 Å². The quantitative estimate of drug-likeness (QED) is 0.779. The second-order valence-corrected chi connectivity index (χ2v) is 6.27. The minimum atomic E-state index is -1.34. The second-order valence-electron chi connectivity index (χ2n) is 6.27. The number of Topliss-reactive ketones (excluding diaryl/α,β-unsaturated/α-hetero) is 1. The van der Waals surface area contributed by atoms with Gasteiger partial charge in [0, 0.05) is 11.3 Å². The summed E-state index contributed by atoms with van der Waals surface area (Å²) in [5.41, 5.74) is -0.732. The molecular weight excluding hydrogens is 258 g/mol. The zero-order chi connectivity index (χ0) is 14.3. The lowest BCUT2D eigenvalue weighted by molar-refractivity contribution is -0.221. The van der Waals surface area contributed by atoms with Crippen LogP contribution in [0.15, 0.2) is 24.3 Å². The van der Waals surface area contributed by atoms with E-state index in [0.717, 1.165) is 0 Å². The topological polar surface area (TPSA) is 64.6 Å². The first-order chi connectivity index (χ1) is 9.33. The number of anilines is 1. The third kappa shape index (κ3) is 1.01. The van der Waals surface area contributed by atoms with E-state index in [9.17, 15) is 9.59 Å². The average molecular weight is 273 g/mol. The molecule has 0 saturated carbocycles. The molecule has 3 aliphatic heterocycles. The molecule has 2 bridgehead atoms. The summed E-state index contributed by atoms with van der Waals surface area (Å²) >= 11 is 0. The average Bonchev–Trinajstić information content (AvgIpc) is 2.92. The number of ketones is 1. The van der Waals surface area contributed by atoms with Crippen LogP contribution in [0.3, 0.4) is 0 Å². The standard InChI is InChI=1S/C15H15NO4/c1-13(2)10(17)11-15(20-14(13,3)19-11)8-6-4-5-7-9(8)16-12(15)18/h4-7,11H,1-3H3,(H,16,18)/t11-,14-,15-/m1/s1. The van der Waals surface area contributed by atoms with Crippen LogP contribution in [-0.2, 0) is 24.7 Å². The number of para-hydroxylation sites is 1. The SMILES string of the molecule is CC1(C)C(=O)[C@H]2O[C@]1(C)O[C@@]21C(=O)Nc2ccccc21. The van der Waals surface area contributed by atoms with E-state index in [-0.39, 0.29) is 11.7 Å². The van der Waals surface area contributed by atoms with E-state index in [4.69, 9.17) is 9.47 Å². The number of ether oxygens (including phenoxy) is 2. The van der Waals surface area contributed by atoms with Crippen LogP contribution >= 0.6 is 0 Å². The molecule has 0 unspecified atom stereocenters. The molecule has 1 N–H and O–H groups in total. The predicted octanol–water partition coefficient (Wildman–Crippen LogP) is 1.57. The number of nitrogens with one attached hydrogen (secondary N) is 1. The van der Waals surface area contributed by atoms with Gasteiger partial charge in [-0.25, -0.2) is 0 Å². The third-order valence-corrected chi connectivity index (χ3v) is 4.97. The number of carbonyl (C=O) groups excluding carboxylic acids is 2. The van der Waals surface area contributed by atoms with Gasteiger partial charge in [0.25, 0.3) is 5.91 Å². The molecule has 3 heterocycles. The highest BCUT2D eigenvalue weighted by Gasteiger charge is 2.77. The largest absolute Gasteiger partial charge is 0.334 e. The lowest BCUT2D eigenvalue weighted by atomic mass is 9.73. The van der Waals surface area contributed by atoms with E-state index in [1.54, 1.807) is 32.9 Å². The first-order valence-electron chi connectivity index (χ1n) is 6.66. The normalized spacial score (nSPS) is 40.2. The van der Waals surface area contributed by atoms with Crippen molar-refractivity contribution in [3.8, 4) is 0 Å². The van der Waals surface area contributed by atoms with Crippen molar-refractivity contribution in [3.63, 3.8) is 0 Å². The van der Waals surface area contributed by atoms with Crippen molar-refractivity contribution in [2.75, 3.05) is 5.32 Å². The second kappa shape index (κ2) is 3.13. The molecule has 104 valence electrons. The van der Waals surface area contributed by atoms with E-state index >= 15 is 0 Å². The number of amides is 1. The lowest BCUT2D eigenvalue weighted by Gasteiger charge is -2.40. The van der Waals surface area contributed by atoms with Gasteiger partial charge in [-0.05, 0) is 26.8 Å². The smallest absolute Gasteiger partial charge is 0.264 e. The summed E-state index contributed by atoms with van der Waals surface area (Å²) in [6.07, 6.45) is -0.883. The Hall–Kier alpha value is -1.72. The van der Waals surface area contributed by atoms with E-state index < -0.39 is 22.9 Å². The summed E-state index contributed by atoms with van der Waals surface area (Å²) in [6.45, 7) is 5.32. The fraction of sp³-hybridized carbons (Fsp3) is 0.467. The Labute approximate surface area is 116 Å². The highest BCUT2D eigenvalue weighted by molar-refractivity contribution is 6.11. The summed E-state index contributed by atoms with van der Waals surface area (Å²) in [5, 5.41) is 2.78. The summed E-state index contributed by atoms with van der Waals surface area (Å²) in [4.78, 5) is 25.1. The van der Waals surface area contributed by atoms with Crippen LogP contribution in [0, 0.1) is 5.41 Å². The van der Waals surface area contributed by atoms with E-state index in [0.29, 0.717) is 11.3 Å². The molecule has 4 rings (SSSR count). The third-order valence-electron chi connectivity index (χ3n) is 4.97. The molecule has 3 atom stereocenters. The molecule has 20 heavy (non-hydrogen) atoms. The number of hydrogen-bond acceptors (Lipinski definition) is 4. The number of carbonyl (C=O) groups is 2. The van der Waals surface area contributed by atoms with Crippen molar-refractivity contribution in [3.05, 3.63) is 29.8 Å². The molecule has 0 aromatic heterocycles. The highest BCUT2D eigenvalue weighted by Crippen LogP contribution is 2.61. The Morgan fingerprint density at radius 1 is 1.15 bits per heavy atom. The van der Waals surface area contributed by atoms with E-state index in [1.165, 1.54) is 0 Å². The van der Waals surface area contributed by atoms with Crippen molar-refractivity contribution in [1.82, 2.24) is 0 Å². The van der Waals surface area contributed by atoms with Crippen LogP contribution in [-0.4, -0.2) is 23.6 Å². The predicted molar refractivity (Wildman–Crippen MR) is 69.9 cm³/mol. The van der Waals surface area contributed by atoms with Gasteiger partial charge in [0.15, 0.2) is 17.7 Å². The molecule has 1 spiro atoms. The van der Waals surface area contributed by atoms with Gasteiger partial charge in [-0.3, -0.25) is 9.59 Å². The van der Waals surface area contributed by atoms with Gasteiger partial charge in [-0.1, -0.05) is 18.2 Å². The highest BCUT2D eigenvalue weighted by atomic mass is 16.8. The summed E-state index contributed by atoms with van der Waals surface area (Å²) in [6, 6.07) is 7.27. The zero-order valence-corrected chi connectivity index (χ0v) is 11.5. The molecule has 3 aliphatic rings. The van der Waals surface area contributed by atoms with Crippen LogP contribution in [0.4, 0.5) is 5.69 Å². The minimum Gasteiger partial charge on any atom is -0.334 e.